The second-order valence-corrected chi connectivity index (χ2v) is 6.34. The maximum atomic E-state index is 12.2. The van der Waals surface area contributed by atoms with Crippen molar-refractivity contribution in [1.29, 1.82) is 0 Å². The maximum absolute atomic E-state index is 12.2. The second kappa shape index (κ2) is 5.52. The zero-order chi connectivity index (χ0) is 15.8. The van der Waals surface area contributed by atoms with Crippen molar-refractivity contribution in [2.75, 3.05) is 5.32 Å². The molecule has 2 heterocycles. The Hall–Kier alpha value is -2.66. The Morgan fingerprint density at radius 2 is 1.96 bits per heavy atom. The molecule has 0 spiro atoms. The molecule has 23 heavy (non-hydrogen) atoms. The molecule has 0 aliphatic carbocycles. The van der Waals surface area contributed by atoms with Crippen LogP contribution in [-0.4, -0.2) is 15.4 Å². The van der Waals surface area contributed by atoms with Gasteiger partial charge in [-0.05, 0) is 29.2 Å². The molecule has 1 aliphatic heterocycles. The van der Waals surface area contributed by atoms with Crippen molar-refractivity contribution >= 4 is 23.1 Å². The Labute approximate surface area is 137 Å². The Balaban J connectivity index is 1.83. The topological polar surface area (TPSA) is 62.2 Å². The molecular formula is C18H14N2O2S. The average molecular weight is 322 g/mol. The van der Waals surface area contributed by atoms with Crippen molar-refractivity contribution < 1.29 is 9.90 Å². The molecule has 0 bridgehead atoms. The molecule has 0 fully saturated rings. The molecule has 1 amide bonds. The molecule has 4 nitrogen and oxygen atoms in total. The van der Waals surface area contributed by atoms with Crippen LogP contribution in [-0.2, 0) is 4.79 Å². The van der Waals surface area contributed by atoms with Crippen LogP contribution < -0.4 is 5.32 Å². The van der Waals surface area contributed by atoms with Gasteiger partial charge in [-0.25, -0.2) is 0 Å². The highest BCUT2D eigenvalue weighted by molar-refractivity contribution is 7.07. The van der Waals surface area contributed by atoms with Crippen LogP contribution in [0.15, 0.2) is 54.6 Å². The van der Waals surface area contributed by atoms with E-state index in [0.717, 1.165) is 27.4 Å². The summed E-state index contributed by atoms with van der Waals surface area (Å²) in [7, 11) is 0. The lowest BCUT2D eigenvalue weighted by molar-refractivity contribution is -0.116. The predicted octanol–water partition coefficient (Wildman–Crippen LogP) is 3.99. The highest BCUT2D eigenvalue weighted by atomic mass is 32.1. The number of hydrogen-bond acceptors (Lipinski definition) is 4. The normalized spacial score (nSPS) is 16.7. The molecule has 4 rings (SSSR count). The Morgan fingerprint density at radius 3 is 2.74 bits per heavy atom. The van der Waals surface area contributed by atoms with Crippen LogP contribution in [0.2, 0.25) is 0 Å². The van der Waals surface area contributed by atoms with E-state index in [2.05, 4.69) is 9.69 Å². The third kappa shape index (κ3) is 2.49. The Bertz CT molecular complexity index is 874. The number of aromatic nitrogens is 1. The number of fused-ring (bicyclic) bond motifs is 1. The van der Waals surface area contributed by atoms with Gasteiger partial charge in [0.25, 0.3) is 0 Å². The van der Waals surface area contributed by atoms with E-state index < -0.39 is 0 Å². The number of rotatable bonds is 2. The molecule has 0 unspecified atom stereocenters. The van der Waals surface area contributed by atoms with Gasteiger partial charge in [0.1, 0.15) is 11.4 Å². The lowest BCUT2D eigenvalue weighted by atomic mass is 9.89. The predicted molar refractivity (Wildman–Crippen MR) is 90.7 cm³/mol. The molecule has 0 radical (unpaired) electrons. The van der Waals surface area contributed by atoms with Crippen LogP contribution in [0.4, 0.5) is 5.69 Å². The first-order valence-electron chi connectivity index (χ1n) is 7.36. The van der Waals surface area contributed by atoms with E-state index in [9.17, 15) is 9.90 Å². The molecule has 0 saturated heterocycles. The molecule has 2 N–H and O–H groups in total. The van der Waals surface area contributed by atoms with Crippen molar-refractivity contribution in [3.8, 4) is 17.0 Å². The van der Waals surface area contributed by atoms with Crippen molar-refractivity contribution in [2.24, 2.45) is 0 Å². The fourth-order valence-corrected chi connectivity index (χ4v) is 3.91. The summed E-state index contributed by atoms with van der Waals surface area (Å²) in [6, 6.07) is 16.9. The maximum Gasteiger partial charge on any atom is 0.225 e. The van der Waals surface area contributed by atoms with Gasteiger partial charge in [-0.15, -0.1) is 0 Å². The van der Waals surface area contributed by atoms with Crippen molar-refractivity contribution in [3.63, 3.8) is 0 Å². The van der Waals surface area contributed by atoms with Gasteiger partial charge in [-0.2, -0.15) is 4.37 Å². The molecule has 0 saturated carbocycles. The number of phenols is 1. The molecule has 1 aromatic heterocycles. The number of carbonyl (C=O) groups is 1. The second-order valence-electron chi connectivity index (χ2n) is 5.54. The Morgan fingerprint density at radius 1 is 1.13 bits per heavy atom. The van der Waals surface area contributed by atoms with E-state index in [4.69, 9.17) is 0 Å². The first kappa shape index (κ1) is 14.0. The summed E-state index contributed by atoms with van der Waals surface area (Å²) in [5, 5.41) is 12.7. The molecule has 5 heteroatoms. The van der Waals surface area contributed by atoms with Gasteiger partial charge in [0, 0.05) is 17.9 Å². The molecule has 1 aliphatic rings. The first-order valence-corrected chi connectivity index (χ1v) is 8.13. The van der Waals surface area contributed by atoms with Gasteiger partial charge in [0.2, 0.25) is 5.91 Å². The third-order valence-electron chi connectivity index (χ3n) is 4.01. The number of carbonyl (C=O) groups excluding carboxylic acids is 1. The van der Waals surface area contributed by atoms with Gasteiger partial charge in [-0.3, -0.25) is 4.79 Å². The summed E-state index contributed by atoms with van der Waals surface area (Å²) < 4.78 is 4.57. The van der Waals surface area contributed by atoms with Crippen LogP contribution in [0.3, 0.4) is 0 Å². The quantitative estimate of drug-likeness (QED) is 0.750. The van der Waals surface area contributed by atoms with Gasteiger partial charge in [-0.1, -0.05) is 42.5 Å². The number of aromatic hydroxyl groups is 1. The van der Waals surface area contributed by atoms with Crippen LogP contribution >= 0.6 is 11.5 Å². The van der Waals surface area contributed by atoms with E-state index >= 15 is 0 Å². The summed E-state index contributed by atoms with van der Waals surface area (Å²) in [5.41, 5.74) is 3.53. The van der Waals surface area contributed by atoms with Gasteiger partial charge >= 0.3 is 0 Å². The number of benzene rings is 2. The van der Waals surface area contributed by atoms with E-state index in [1.807, 2.05) is 36.4 Å². The summed E-state index contributed by atoms with van der Waals surface area (Å²) in [4.78, 5) is 13.2. The molecule has 1 atom stereocenters. The smallest absolute Gasteiger partial charge is 0.225 e. The van der Waals surface area contributed by atoms with Crippen LogP contribution in [0.1, 0.15) is 22.8 Å². The van der Waals surface area contributed by atoms with E-state index in [1.165, 1.54) is 11.5 Å². The molecule has 2 aromatic carbocycles. The summed E-state index contributed by atoms with van der Waals surface area (Å²) >= 11 is 1.41. The van der Waals surface area contributed by atoms with Gasteiger partial charge in [0.05, 0.1) is 10.6 Å². The van der Waals surface area contributed by atoms with Crippen molar-refractivity contribution in [1.82, 2.24) is 4.37 Å². The zero-order valence-corrected chi connectivity index (χ0v) is 13.0. The minimum absolute atomic E-state index is 0.0248. The number of anilines is 1. The average Bonchev–Trinajstić information content (AvgIpc) is 2.98. The van der Waals surface area contributed by atoms with E-state index in [0.29, 0.717) is 6.42 Å². The van der Waals surface area contributed by atoms with E-state index in [1.54, 1.807) is 18.2 Å². The third-order valence-corrected chi connectivity index (χ3v) is 4.97. The molecular weight excluding hydrogens is 308 g/mol. The largest absolute Gasteiger partial charge is 0.508 e. The number of amides is 1. The summed E-state index contributed by atoms with van der Waals surface area (Å²) in [5.74, 6) is 0.117. The minimum atomic E-state index is -0.0687. The number of nitrogens with zero attached hydrogens (tertiary/aromatic N) is 1. The fourth-order valence-electron chi connectivity index (χ4n) is 2.93. The number of phenolic OH excluding ortho intramolecular Hbond substituents is 1. The lowest BCUT2D eigenvalue weighted by Gasteiger charge is -2.23. The van der Waals surface area contributed by atoms with Crippen LogP contribution in [0.25, 0.3) is 11.3 Å². The van der Waals surface area contributed by atoms with E-state index in [-0.39, 0.29) is 17.6 Å². The number of hydrogen-bond donors (Lipinski definition) is 2. The molecule has 3 aromatic rings. The molecule has 114 valence electrons. The fraction of sp³-hybridized carbons (Fsp3) is 0.111. The van der Waals surface area contributed by atoms with Crippen LogP contribution in [0.5, 0.6) is 5.75 Å². The number of nitrogens with one attached hydrogen (secondary N) is 1. The van der Waals surface area contributed by atoms with Crippen LogP contribution in [0, 0.1) is 0 Å². The highest BCUT2D eigenvalue weighted by Crippen LogP contribution is 2.44. The van der Waals surface area contributed by atoms with Gasteiger partial charge in [0.15, 0.2) is 0 Å². The summed E-state index contributed by atoms with van der Waals surface area (Å²) in [6.07, 6.45) is 0.368. The standard InChI is InChI=1S/C18H14N2O2S/c21-13-8-4-7-12(9-13)14-10-15(22)19-17-16(20-23-18(14)17)11-5-2-1-3-6-11/h1-9,14,21H,10H2,(H,19,22)/t14-/m1/s1. The Kier molecular flexibility index (Phi) is 3.35. The minimum Gasteiger partial charge on any atom is -0.508 e. The lowest BCUT2D eigenvalue weighted by Crippen LogP contribution is -2.22. The first-order chi connectivity index (χ1) is 11.2. The highest BCUT2D eigenvalue weighted by Gasteiger charge is 2.31. The monoisotopic (exact) mass is 322 g/mol. The van der Waals surface area contributed by atoms with Gasteiger partial charge < -0.3 is 10.4 Å². The zero-order valence-electron chi connectivity index (χ0n) is 12.2. The SMILES string of the molecule is O=C1C[C@H](c2cccc(O)c2)c2snc(-c3ccccc3)c2N1. The van der Waals surface area contributed by atoms with Crippen molar-refractivity contribution in [2.45, 2.75) is 12.3 Å². The summed E-state index contributed by atoms with van der Waals surface area (Å²) in [6.45, 7) is 0. The van der Waals surface area contributed by atoms with Crippen molar-refractivity contribution in [3.05, 3.63) is 65.0 Å².